The van der Waals surface area contributed by atoms with Gasteiger partial charge in [0.15, 0.2) is 0 Å². The highest BCUT2D eigenvalue weighted by Gasteiger charge is 2.36. The van der Waals surface area contributed by atoms with E-state index in [-0.39, 0.29) is 0 Å². The smallest absolute Gasteiger partial charge is 0.0558 e. The number of aliphatic hydroxyl groups excluding tert-OH is 1. The Labute approximate surface area is 131 Å². The van der Waals surface area contributed by atoms with Gasteiger partial charge in [-0.2, -0.15) is 0 Å². The molecule has 124 valence electrons. The van der Waals surface area contributed by atoms with Crippen LogP contribution in [0, 0.1) is 11.3 Å². The Morgan fingerprint density at radius 2 is 1.76 bits per heavy atom. The van der Waals surface area contributed by atoms with Gasteiger partial charge in [-0.1, -0.05) is 39.0 Å². The first-order chi connectivity index (χ1) is 10.2. The third-order valence-electron chi connectivity index (χ3n) is 5.90. The Balaban J connectivity index is 2.00. The predicted octanol–water partition coefficient (Wildman–Crippen LogP) is 3.03. The van der Waals surface area contributed by atoms with Gasteiger partial charge in [0.1, 0.15) is 0 Å². The molecule has 2 rings (SSSR count). The first kappa shape index (κ1) is 17.2. The summed E-state index contributed by atoms with van der Waals surface area (Å²) in [6.07, 6.45) is 12.3. The summed E-state index contributed by atoms with van der Waals surface area (Å²) < 4.78 is 0. The van der Waals surface area contributed by atoms with E-state index in [2.05, 4.69) is 24.2 Å². The number of nitrogens with zero attached hydrogens (tertiary/aromatic N) is 1. The van der Waals surface area contributed by atoms with E-state index in [0.29, 0.717) is 12.0 Å². The zero-order valence-corrected chi connectivity index (χ0v) is 14.2. The lowest BCUT2D eigenvalue weighted by Gasteiger charge is -2.45. The summed E-state index contributed by atoms with van der Waals surface area (Å²) in [6.45, 7) is 5.89. The molecule has 2 fully saturated rings. The highest BCUT2D eigenvalue weighted by atomic mass is 16.3. The second-order valence-corrected chi connectivity index (χ2v) is 7.70. The van der Waals surface area contributed by atoms with Crippen molar-refractivity contribution in [3.63, 3.8) is 0 Å². The molecule has 0 aromatic carbocycles. The van der Waals surface area contributed by atoms with Crippen molar-refractivity contribution in [2.24, 2.45) is 11.3 Å². The molecule has 2 aliphatic rings. The first-order valence-corrected chi connectivity index (χ1v) is 9.18. The van der Waals surface area contributed by atoms with Gasteiger partial charge in [0.25, 0.3) is 0 Å². The lowest BCUT2D eigenvalue weighted by Crippen LogP contribution is -2.50. The van der Waals surface area contributed by atoms with E-state index in [1.807, 2.05) is 0 Å². The van der Waals surface area contributed by atoms with Crippen molar-refractivity contribution in [3.8, 4) is 0 Å². The van der Waals surface area contributed by atoms with Gasteiger partial charge in [-0.15, -0.1) is 0 Å². The van der Waals surface area contributed by atoms with Crippen LogP contribution in [-0.4, -0.2) is 49.3 Å². The number of hydrogen-bond donors (Lipinski definition) is 2. The van der Waals surface area contributed by atoms with Crippen molar-refractivity contribution < 1.29 is 5.11 Å². The van der Waals surface area contributed by atoms with Crippen LogP contribution >= 0.6 is 0 Å². The van der Waals surface area contributed by atoms with Crippen molar-refractivity contribution in [2.45, 2.75) is 70.8 Å². The molecule has 0 heterocycles. The monoisotopic (exact) mass is 296 g/mol. The van der Waals surface area contributed by atoms with Gasteiger partial charge < -0.3 is 10.4 Å². The average molecular weight is 296 g/mol. The first-order valence-electron chi connectivity index (χ1n) is 9.18. The van der Waals surface area contributed by atoms with Crippen molar-refractivity contribution in [1.82, 2.24) is 10.2 Å². The minimum absolute atomic E-state index is 0.308. The zero-order valence-electron chi connectivity index (χ0n) is 14.2. The highest BCUT2D eigenvalue weighted by molar-refractivity contribution is 4.91. The highest BCUT2D eigenvalue weighted by Crippen LogP contribution is 2.40. The zero-order chi connectivity index (χ0) is 15.1. The molecular formula is C18H36N2O. The molecule has 0 bridgehead atoms. The third kappa shape index (κ3) is 4.94. The van der Waals surface area contributed by atoms with Crippen molar-refractivity contribution in [3.05, 3.63) is 0 Å². The second-order valence-electron chi connectivity index (χ2n) is 7.70. The lowest BCUT2D eigenvalue weighted by molar-refractivity contribution is 0.0416. The van der Waals surface area contributed by atoms with E-state index in [4.69, 9.17) is 0 Å². The molecule has 0 saturated heterocycles. The van der Waals surface area contributed by atoms with Crippen LogP contribution in [0.5, 0.6) is 0 Å². The molecule has 0 aromatic heterocycles. The Morgan fingerprint density at radius 1 is 1.10 bits per heavy atom. The Morgan fingerprint density at radius 3 is 2.33 bits per heavy atom. The minimum atomic E-state index is 0.308. The lowest BCUT2D eigenvalue weighted by atomic mass is 9.70. The number of aliphatic hydroxyl groups is 1. The number of hydrogen-bond acceptors (Lipinski definition) is 3. The van der Waals surface area contributed by atoms with Crippen LogP contribution in [0.4, 0.5) is 0 Å². The molecule has 2 aliphatic carbocycles. The van der Waals surface area contributed by atoms with E-state index in [9.17, 15) is 5.11 Å². The fraction of sp³-hybridized carbons (Fsp3) is 1.00. The largest absolute Gasteiger partial charge is 0.395 e. The molecule has 3 heteroatoms. The van der Waals surface area contributed by atoms with E-state index in [0.717, 1.165) is 25.0 Å². The average Bonchev–Trinajstić information content (AvgIpc) is 2.51. The maximum absolute atomic E-state index is 9.50. The molecule has 0 atom stereocenters. The maximum atomic E-state index is 9.50. The van der Waals surface area contributed by atoms with Gasteiger partial charge in [-0.25, -0.2) is 0 Å². The summed E-state index contributed by atoms with van der Waals surface area (Å²) in [5.41, 5.74) is 0.438. The van der Waals surface area contributed by atoms with Crippen LogP contribution in [0.2, 0.25) is 0 Å². The van der Waals surface area contributed by atoms with E-state index in [1.165, 1.54) is 64.3 Å². The maximum Gasteiger partial charge on any atom is 0.0558 e. The molecular weight excluding hydrogens is 260 g/mol. The van der Waals surface area contributed by atoms with E-state index < -0.39 is 0 Å². The molecule has 0 amide bonds. The summed E-state index contributed by atoms with van der Waals surface area (Å²) in [5.74, 6) is 0.899. The topological polar surface area (TPSA) is 35.5 Å². The van der Waals surface area contributed by atoms with Crippen molar-refractivity contribution in [1.29, 1.82) is 0 Å². The van der Waals surface area contributed by atoms with Gasteiger partial charge in [0.05, 0.1) is 6.61 Å². The van der Waals surface area contributed by atoms with Gasteiger partial charge in [-0.3, -0.25) is 4.90 Å². The van der Waals surface area contributed by atoms with E-state index in [1.54, 1.807) is 0 Å². The number of rotatable bonds is 7. The Kier molecular flexibility index (Phi) is 6.97. The van der Waals surface area contributed by atoms with Gasteiger partial charge >= 0.3 is 0 Å². The predicted molar refractivity (Wildman–Crippen MR) is 89.5 cm³/mol. The molecule has 0 unspecified atom stereocenters. The summed E-state index contributed by atoms with van der Waals surface area (Å²) in [7, 11) is 2.09. The SMILES string of the molecule is CNCC1(CN(CCO)C2CCCCC2)CCC(C)CC1. The third-order valence-corrected chi connectivity index (χ3v) is 5.90. The van der Waals surface area contributed by atoms with Crippen molar-refractivity contribution in [2.75, 3.05) is 33.3 Å². The normalized spacial score (nSPS) is 31.7. The molecule has 0 radical (unpaired) electrons. The molecule has 2 N–H and O–H groups in total. The van der Waals surface area contributed by atoms with Gasteiger partial charge in [0.2, 0.25) is 0 Å². The van der Waals surface area contributed by atoms with Gasteiger partial charge in [0, 0.05) is 25.7 Å². The van der Waals surface area contributed by atoms with Crippen molar-refractivity contribution >= 4 is 0 Å². The van der Waals surface area contributed by atoms with Crippen LogP contribution in [0.1, 0.15) is 64.7 Å². The summed E-state index contributed by atoms with van der Waals surface area (Å²) in [6, 6.07) is 0.721. The van der Waals surface area contributed by atoms with Crippen LogP contribution in [0.25, 0.3) is 0 Å². The van der Waals surface area contributed by atoms with Crippen LogP contribution in [0.3, 0.4) is 0 Å². The molecule has 0 spiro atoms. The van der Waals surface area contributed by atoms with Crippen LogP contribution in [-0.2, 0) is 0 Å². The molecule has 3 nitrogen and oxygen atoms in total. The minimum Gasteiger partial charge on any atom is -0.395 e. The molecule has 0 aromatic rings. The van der Waals surface area contributed by atoms with Gasteiger partial charge in [-0.05, 0) is 44.1 Å². The fourth-order valence-electron chi connectivity index (χ4n) is 4.54. The molecule has 0 aliphatic heterocycles. The Hall–Kier alpha value is -0.120. The van der Waals surface area contributed by atoms with Crippen LogP contribution in [0.15, 0.2) is 0 Å². The second kappa shape index (κ2) is 8.50. The Bertz CT molecular complexity index is 281. The van der Waals surface area contributed by atoms with E-state index >= 15 is 0 Å². The quantitative estimate of drug-likeness (QED) is 0.758. The summed E-state index contributed by atoms with van der Waals surface area (Å²) >= 11 is 0. The summed E-state index contributed by atoms with van der Waals surface area (Å²) in [4.78, 5) is 2.63. The van der Waals surface area contributed by atoms with Crippen LogP contribution < -0.4 is 5.32 Å². The molecule has 2 saturated carbocycles. The number of nitrogens with one attached hydrogen (secondary N) is 1. The standard InChI is InChI=1S/C18H36N2O/c1-16-8-10-18(11-9-16,14-19-2)15-20(12-13-21)17-6-4-3-5-7-17/h16-17,19,21H,3-15H2,1-2H3. The fourth-order valence-corrected chi connectivity index (χ4v) is 4.54. The molecule has 21 heavy (non-hydrogen) atoms. The summed E-state index contributed by atoms with van der Waals surface area (Å²) in [5, 5.41) is 12.9.